The van der Waals surface area contributed by atoms with Gasteiger partial charge in [-0.25, -0.2) is 15.0 Å². The second-order valence-corrected chi connectivity index (χ2v) is 10.0. The van der Waals surface area contributed by atoms with Crippen LogP contribution in [0.5, 0.6) is 0 Å². The van der Waals surface area contributed by atoms with Crippen LogP contribution in [-0.4, -0.2) is 60.1 Å². The molecule has 11 heteroatoms. The van der Waals surface area contributed by atoms with E-state index in [0.29, 0.717) is 0 Å². The molecule has 0 saturated carbocycles. The molecule has 5 heterocycles. The van der Waals surface area contributed by atoms with Gasteiger partial charge in [0, 0.05) is 0 Å². The van der Waals surface area contributed by atoms with Gasteiger partial charge in [-0.3, -0.25) is 9.80 Å². The van der Waals surface area contributed by atoms with Crippen LogP contribution >= 0.6 is 0 Å². The number of halogens is 3. The van der Waals surface area contributed by atoms with Crippen LogP contribution in [0.25, 0.3) is 45.1 Å². The summed E-state index contributed by atoms with van der Waals surface area (Å²) < 4.78 is 4.67. The summed E-state index contributed by atoms with van der Waals surface area (Å²) in [4.78, 5) is 20.3. The molecule has 0 atom stereocenters. The minimum absolute atomic E-state index is 0. The van der Waals surface area contributed by atoms with Crippen LogP contribution in [0.2, 0.25) is 0 Å². The third-order valence-electron chi connectivity index (χ3n) is 7.60. The van der Waals surface area contributed by atoms with Gasteiger partial charge in [0.2, 0.25) is 0 Å². The van der Waals surface area contributed by atoms with Crippen LogP contribution in [0.15, 0.2) is 66.7 Å². The van der Waals surface area contributed by atoms with Crippen molar-refractivity contribution in [1.82, 2.24) is 33.9 Å². The summed E-state index contributed by atoms with van der Waals surface area (Å²) in [5.41, 5.74) is 6.13. The van der Waals surface area contributed by atoms with Gasteiger partial charge in [-0.05, 0) is 88.3 Å². The number of hydrogen-bond donors (Lipinski definition) is 0. The molecule has 2 aliphatic heterocycles. The Balaban J connectivity index is 0.00000110. The second kappa shape index (κ2) is 14.2. The maximum Gasteiger partial charge on any atom is 3.00 e. The molecule has 2 saturated heterocycles. The smallest absolute Gasteiger partial charge is 1.00 e. The van der Waals surface area contributed by atoms with Gasteiger partial charge >= 0.3 is 18.6 Å². The largest absolute Gasteiger partial charge is 3.00 e. The van der Waals surface area contributed by atoms with E-state index < -0.39 is 0 Å². The maximum atomic E-state index is 5.17. The first-order valence-electron chi connectivity index (χ1n) is 13.2. The van der Waals surface area contributed by atoms with Gasteiger partial charge in [0.1, 0.15) is 11.4 Å². The molecule has 40 heavy (non-hydrogen) atoms. The Kier molecular flexibility index (Phi) is 11.5. The van der Waals surface area contributed by atoms with Crippen LogP contribution in [-0.2, 0) is 31.9 Å². The Labute approximate surface area is 265 Å². The van der Waals surface area contributed by atoms with Crippen molar-refractivity contribution in [3.05, 3.63) is 66.7 Å². The normalized spacial score (nSPS) is 15.4. The molecular weight excluding hydrogens is 604 g/mol. The fourth-order valence-corrected chi connectivity index (χ4v) is 5.76. The van der Waals surface area contributed by atoms with Crippen molar-refractivity contribution in [3.63, 3.8) is 0 Å². The zero-order valence-electron chi connectivity index (χ0n) is 22.1. The summed E-state index contributed by atoms with van der Waals surface area (Å²) in [5.74, 6) is 1.85. The molecular formula is C29H31Cl3N7V. The molecule has 7 nitrogen and oxygen atoms in total. The molecule has 3 aromatic heterocycles. The molecule has 0 radical (unpaired) electrons. The Bertz CT molecular complexity index is 1430. The molecule has 0 spiro atoms. The van der Waals surface area contributed by atoms with Gasteiger partial charge in [-0.15, -0.1) is 0 Å². The van der Waals surface area contributed by atoms with Gasteiger partial charge < -0.3 is 46.4 Å². The van der Waals surface area contributed by atoms with Gasteiger partial charge in [0.05, 0.1) is 35.4 Å². The second-order valence-electron chi connectivity index (χ2n) is 10.0. The monoisotopic (exact) mass is 633 g/mol. The predicted molar refractivity (Wildman–Crippen MR) is 143 cm³/mol. The summed E-state index contributed by atoms with van der Waals surface area (Å²) in [6.45, 7) is 6.24. The number of imidazole rings is 2. The fourth-order valence-electron chi connectivity index (χ4n) is 5.76. The van der Waals surface area contributed by atoms with Gasteiger partial charge in [0.15, 0.2) is 11.6 Å². The van der Waals surface area contributed by atoms with Gasteiger partial charge in [-0.1, -0.05) is 30.3 Å². The molecule has 5 aromatic rings. The third-order valence-corrected chi connectivity index (χ3v) is 7.60. The number of hydrogen-bond acceptors (Lipinski definition) is 5. The Morgan fingerprint density at radius 2 is 0.900 bits per heavy atom. The molecule has 0 aliphatic carbocycles. The van der Waals surface area contributed by atoms with Crippen molar-refractivity contribution in [3.8, 4) is 23.0 Å². The van der Waals surface area contributed by atoms with Crippen molar-refractivity contribution < 1.29 is 55.8 Å². The first-order valence-corrected chi connectivity index (χ1v) is 13.2. The first kappa shape index (κ1) is 32.4. The average molecular weight is 635 g/mol. The summed E-state index contributed by atoms with van der Waals surface area (Å²) in [7, 11) is 0. The standard InChI is InChI=1S/C29H31N7.3ClH.V/c1-3-14-26-22(10-1)31-28(35(26)20-33-16-5-6-17-33)24-12-9-13-25(30-24)29-32-23-11-2-4-15-27(23)36(29)21-34-18-7-8-19-34;;;;/h1-4,9-15H,5-8,16-21H2;3*1H;/q;;;;+3/p-3. The fraction of sp³-hybridized carbons (Fsp3) is 0.345. The molecule has 7 rings (SSSR count). The number of para-hydroxylation sites is 4. The van der Waals surface area contributed by atoms with Crippen molar-refractivity contribution in [2.45, 2.75) is 39.0 Å². The van der Waals surface area contributed by atoms with Gasteiger partial charge in [-0.2, -0.15) is 0 Å². The number of pyridine rings is 1. The molecule has 0 bridgehead atoms. The number of benzene rings is 2. The van der Waals surface area contributed by atoms with E-state index in [2.05, 4.69) is 85.7 Å². The Morgan fingerprint density at radius 3 is 1.32 bits per heavy atom. The molecule has 0 N–H and O–H groups in total. The number of likely N-dealkylation sites (tertiary alicyclic amines) is 2. The topological polar surface area (TPSA) is 55.0 Å². The molecule has 2 fully saturated rings. The van der Waals surface area contributed by atoms with Crippen molar-refractivity contribution >= 4 is 22.1 Å². The minimum atomic E-state index is 0. The molecule has 208 valence electrons. The predicted octanol–water partition coefficient (Wildman–Crippen LogP) is -3.77. The van der Waals surface area contributed by atoms with Crippen LogP contribution in [0, 0.1) is 0 Å². The first-order chi connectivity index (χ1) is 17.8. The third kappa shape index (κ3) is 6.21. The van der Waals surface area contributed by atoms with Crippen LogP contribution in [0.4, 0.5) is 0 Å². The van der Waals surface area contributed by atoms with Gasteiger partial charge in [0.25, 0.3) is 0 Å². The van der Waals surface area contributed by atoms with E-state index in [4.69, 9.17) is 15.0 Å². The summed E-state index contributed by atoms with van der Waals surface area (Å²) in [6, 6.07) is 23.1. The van der Waals surface area contributed by atoms with Crippen LogP contribution in [0.3, 0.4) is 0 Å². The van der Waals surface area contributed by atoms with E-state index in [1.807, 2.05) is 0 Å². The quantitative estimate of drug-likeness (QED) is 0.192. The van der Waals surface area contributed by atoms with Crippen molar-refractivity contribution in [2.24, 2.45) is 0 Å². The molecule has 2 aromatic carbocycles. The summed E-state index contributed by atoms with van der Waals surface area (Å²) in [5, 5.41) is 0. The zero-order chi connectivity index (χ0) is 23.9. The number of aromatic nitrogens is 5. The molecule has 0 amide bonds. The number of rotatable bonds is 6. The van der Waals surface area contributed by atoms with E-state index in [9.17, 15) is 0 Å². The Hall–Kier alpha value is -2.10. The molecule has 0 unspecified atom stereocenters. The van der Waals surface area contributed by atoms with Crippen LogP contribution < -0.4 is 37.2 Å². The van der Waals surface area contributed by atoms with E-state index in [1.165, 1.54) is 25.7 Å². The SMILES string of the molecule is [Cl-].[Cl-].[Cl-].[V+3].c1cc(-c2nc3ccccc3n2CN2CCCC2)nc(-c2nc3ccccc3n2CN2CCCC2)c1. The van der Waals surface area contributed by atoms with E-state index in [0.717, 1.165) is 84.6 Å². The minimum Gasteiger partial charge on any atom is -1.00 e. The summed E-state index contributed by atoms with van der Waals surface area (Å²) in [6.07, 6.45) is 5.07. The number of nitrogens with zero attached hydrogens (tertiary/aromatic N) is 7. The summed E-state index contributed by atoms with van der Waals surface area (Å²) >= 11 is 0. The number of fused-ring (bicyclic) bond motifs is 2. The maximum absolute atomic E-state index is 5.17. The van der Waals surface area contributed by atoms with E-state index >= 15 is 0 Å². The van der Waals surface area contributed by atoms with E-state index in [-0.39, 0.29) is 55.8 Å². The van der Waals surface area contributed by atoms with Crippen molar-refractivity contribution in [1.29, 1.82) is 0 Å². The van der Waals surface area contributed by atoms with E-state index in [1.54, 1.807) is 0 Å². The Morgan fingerprint density at radius 1 is 0.500 bits per heavy atom. The zero-order valence-corrected chi connectivity index (χ0v) is 25.8. The average Bonchev–Trinajstić information content (AvgIpc) is 3.73. The van der Waals surface area contributed by atoms with Crippen molar-refractivity contribution in [2.75, 3.05) is 26.2 Å². The van der Waals surface area contributed by atoms with Crippen LogP contribution in [0.1, 0.15) is 25.7 Å². The molecule has 2 aliphatic rings.